The first-order chi connectivity index (χ1) is 8.75. The van der Waals surface area contributed by atoms with Crippen LogP contribution >= 0.6 is 11.6 Å². The third kappa shape index (κ3) is 4.02. The van der Waals surface area contributed by atoms with Crippen LogP contribution in [0.2, 0.25) is 5.02 Å². The van der Waals surface area contributed by atoms with Gasteiger partial charge in [0.05, 0.1) is 12.3 Å². The Hall–Kier alpha value is -1.03. The topological polar surface area (TPSA) is 24.5 Å². The van der Waals surface area contributed by atoms with Gasteiger partial charge in [-0.1, -0.05) is 30.3 Å². The number of likely N-dealkylation sites (tertiary alicyclic amines) is 1. The SMILES string of the molecule is C=C(NOCCN1CCCC1)c1ccc(Cl)cc1. The molecular weight excluding hydrogens is 248 g/mol. The summed E-state index contributed by atoms with van der Waals surface area (Å²) in [6, 6.07) is 7.52. The Bertz CT molecular complexity index is 385. The molecule has 1 saturated heterocycles. The van der Waals surface area contributed by atoms with E-state index in [1.54, 1.807) is 0 Å². The van der Waals surface area contributed by atoms with E-state index in [1.165, 1.54) is 25.9 Å². The van der Waals surface area contributed by atoms with Crippen molar-refractivity contribution in [1.82, 2.24) is 10.4 Å². The number of hydrogen-bond donors (Lipinski definition) is 1. The van der Waals surface area contributed by atoms with Gasteiger partial charge in [-0.15, -0.1) is 0 Å². The average Bonchev–Trinajstić information content (AvgIpc) is 2.88. The number of nitrogens with zero attached hydrogens (tertiary/aromatic N) is 1. The van der Waals surface area contributed by atoms with Crippen molar-refractivity contribution in [3.63, 3.8) is 0 Å². The van der Waals surface area contributed by atoms with E-state index in [0.717, 1.165) is 22.8 Å². The molecule has 0 aromatic heterocycles. The Balaban J connectivity index is 1.66. The summed E-state index contributed by atoms with van der Waals surface area (Å²) < 4.78 is 0. The predicted octanol–water partition coefficient (Wildman–Crippen LogP) is 2.93. The minimum absolute atomic E-state index is 0.673. The lowest BCUT2D eigenvalue weighted by Gasteiger charge is -2.15. The van der Waals surface area contributed by atoms with Crippen molar-refractivity contribution in [2.24, 2.45) is 0 Å². The second-order valence-electron chi connectivity index (χ2n) is 4.48. The third-order valence-electron chi connectivity index (χ3n) is 3.10. The number of hydrogen-bond acceptors (Lipinski definition) is 3. The van der Waals surface area contributed by atoms with Crippen LogP contribution in [-0.4, -0.2) is 31.1 Å². The molecule has 1 aromatic rings. The molecule has 18 heavy (non-hydrogen) atoms. The first kappa shape index (κ1) is 13.4. The number of rotatable bonds is 6. The van der Waals surface area contributed by atoms with Crippen molar-refractivity contribution < 1.29 is 4.84 Å². The first-order valence-electron chi connectivity index (χ1n) is 6.31. The third-order valence-corrected chi connectivity index (χ3v) is 3.35. The fourth-order valence-electron chi connectivity index (χ4n) is 2.03. The van der Waals surface area contributed by atoms with Crippen LogP contribution in [0.3, 0.4) is 0 Å². The van der Waals surface area contributed by atoms with Crippen LogP contribution in [0.4, 0.5) is 0 Å². The molecule has 0 saturated carbocycles. The molecule has 98 valence electrons. The highest BCUT2D eigenvalue weighted by atomic mass is 35.5. The van der Waals surface area contributed by atoms with Gasteiger partial charge in [-0.25, -0.2) is 0 Å². The number of hydroxylamine groups is 1. The summed E-state index contributed by atoms with van der Waals surface area (Å²) in [6.07, 6.45) is 2.62. The minimum atomic E-state index is 0.673. The summed E-state index contributed by atoms with van der Waals surface area (Å²) in [4.78, 5) is 7.83. The molecule has 2 rings (SSSR count). The zero-order valence-corrected chi connectivity index (χ0v) is 11.2. The van der Waals surface area contributed by atoms with Gasteiger partial charge in [0.2, 0.25) is 0 Å². The van der Waals surface area contributed by atoms with E-state index in [1.807, 2.05) is 24.3 Å². The monoisotopic (exact) mass is 266 g/mol. The maximum absolute atomic E-state index is 5.83. The molecule has 4 heteroatoms. The molecule has 0 spiro atoms. The zero-order valence-electron chi connectivity index (χ0n) is 10.5. The molecule has 1 fully saturated rings. The molecule has 1 aromatic carbocycles. The Kier molecular flexibility index (Phi) is 5.05. The van der Waals surface area contributed by atoms with Gasteiger partial charge < -0.3 is 4.90 Å². The molecule has 0 unspecified atom stereocenters. The van der Waals surface area contributed by atoms with Gasteiger partial charge >= 0.3 is 0 Å². The highest BCUT2D eigenvalue weighted by Gasteiger charge is 2.10. The quantitative estimate of drug-likeness (QED) is 0.633. The van der Waals surface area contributed by atoms with Crippen LogP contribution in [-0.2, 0) is 4.84 Å². The molecule has 1 aliphatic heterocycles. The number of halogens is 1. The second-order valence-corrected chi connectivity index (χ2v) is 4.92. The van der Waals surface area contributed by atoms with Gasteiger partial charge in [0.1, 0.15) is 0 Å². The fourth-order valence-corrected chi connectivity index (χ4v) is 2.16. The summed E-state index contributed by atoms with van der Waals surface area (Å²) in [5.74, 6) is 0. The van der Waals surface area contributed by atoms with Gasteiger partial charge in [0, 0.05) is 11.6 Å². The van der Waals surface area contributed by atoms with Crippen LogP contribution in [0.25, 0.3) is 5.70 Å². The van der Waals surface area contributed by atoms with E-state index in [2.05, 4.69) is 17.0 Å². The van der Waals surface area contributed by atoms with Gasteiger partial charge in [-0.3, -0.25) is 10.3 Å². The number of benzene rings is 1. The fraction of sp³-hybridized carbons (Fsp3) is 0.429. The van der Waals surface area contributed by atoms with Crippen LogP contribution in [0.1, 0.15) is 18.4 Å². The Morgan fingerprint density at radius 3 is 2.61 bits per heavy atom. The minimum Gasteiger partial charge on any atom is -0.301 e. The highest BCUT2D eigenvalue weighted by molar-refractivity contribution is 6.30. The van der Waals surface area contributed by atoms with Gasteiger partial charge in [0.15, 0.2) is 0 Å². The summed E-state index contributed by atoms with van der Waals surface area (Å²) in [5, 5.41) is 0.724. The lowest BCUT2D eigenvalue weighted by atomic mass is 10.2. The van der Waals surface area contributed by atoms with Gasteiger partial charge in [0.25, 0.3) is 0 Å². The van der Waals surface area contributed by atoms with Crippen molar-refractivity contribution in [3.8, 4) is 0 Å². The smallest absolute Gasteiger partial charge is 0.0873 e. The maximum atomic E-state index is 5.83. The second kappa shape index (κ2) is 6.78. The highest BCUT2D eigenvalue weighted by Crippen LogP contribution is 2.14. The van der Waals surface area contributed by atoms with E-state index in [4.69, 9.17) is 16.4 Å². The summed E-state index contributed by atoms with van der Waals surface area (Å²) >= 11 is 5.83. The van der Waals surface area contributed by atoms with E-state index < -0.39 is 0 Å². The van der Waals surface area contributed by atoms with Crippen molar-refractivity contribution in [2.75, 3.05) is 26.2 Å². The lowest BCUT2D eigenvalue weighted by molar-refractivity contribution is 0.0626. The lowest BCUT2D eigenvalue weighted by Crippen LogP contribution is -2.26. The van der Waals surface area contributed by atoms with E-state index in [9.17, 15) is 0 Å². The molecule has 1 aliphatic rings. The van der Waals surface area contributed by atoms with Crippen LogP contribution in [0, 0.1) is 0 Å². The molecule has 0 radical (unpaired) electrons. The van der Waals surface area contributed by atoms with Crippen LogP contribution in [0.15, 0.2) is 30.8 Å². The number of nitrogens with one attached hydrogen (secondary N) is 1. The molecule has 0 amide bonds. The van der Waals surface area contributed by atoms with Crippen molar-refractivity contribution >= 4 is 17.3 Å². The van der Waals surface area contributed by atoms with Crippen molar-refractivity contribution in [3.05, 3.63) is 41.4 Å². The van der Waals surface area contributed by atoms with Gasteiger partial charge in [-0.2, -0.15) is 0 Å². The summed E-state index contributed by atoms with van der Waals surface area (Å²) in [5.41, 5.74) is 4.62. The Labute approximate surface area is 113 Å². The largest absolute Gasteiger partial charge is 0.301 e. The Morgan fingerprint density at radius 2 is 1.94 bits per heavy atom. The molecule has 3 nitrogen and oxygen atoms in total. The average molecular weight is 267 g/mol. The molecular formula is C14H19ClN2O. The standard InChI is InChI=1S/C14H19ClN2O/c1-12(13-4-6-14(15)7-5-13)16-18-11-10-17-8-2-3-9-17/h4-7,16H,1-3,8-11H2. The van der Waals surface area contributed by atoms with Crippen molar-refractivity contribution in [2.45, 2.75) is 12.8 Å². The van der Waals surface area contributed by atoms with E-state index >= 15 is 0 Å². The molecule has 0 atom stereocenters. The molecule has 1 heterocycles. The predicted molar refractivity (Wildman–Crippen MR) is 75.2 cm³/mol. The zero-order chi connectivity index (χ0) is 12.8. The van der Waals surface area contributed by atoms with Crippen molar-refractivity contribution in [1.29, 1.82) is 0 Å². The molecule has 0 bridgehead atoms. The van der Waals surface area contributed by atoms with E-state index in [0.29, 0.717) is 6.61 Å². The van der Waals surface area contributed by atoms with Gasteiger partial charge in [-0.05, 0) is 43.6 Å². The first-order valence-corrected chi connectivity index (χ1v) is 6.68. The maximum Gasteiger partial charge on any atom is 0.0873 e. The van der Waals surface area contributed by atoms with Crippen LogP contribution in [0.5, 0.6) is 0 Å². The normalized spacial score (nSPS) is 15.8. The Morgan fingerprint density at radius 1 is 1.28 bits per heavy atom. The summed E-state index contributed by atoms with van der Waals surface area (Å²) in [7, 11) is 0. The molecule has 0 aliphatic carbocycles. The summed E-state index contributed by atoms with van der Waals surface area (Å²) in [6.45, 7) is 7.97. The van der Waals surface area contributed by atoms with Crippen LogP contribution < -0.4 is 5.48 Å². The van der Waals surface area contributed by atoms with E-state index in [-0.39, 0.29) is 0 Å². The molecule has 1 N–H and O–H groups in total.